The molecule has 170 valence electrons. The van der Waals surface area contributed by atoms with Crippen LogP contribution in [-0.2, 0) is 29.0 Å². The van der Waals surface area contributed by atoms with Gasteiger partial charge in [-0.15, -0.1) is 0 Å². The van der Waals surface area contributed by atoms with E-state index in [4.69, 9.17) is 9.47 Å². The first-order valence-electron chi connectivity index (χ1n) is 11.1. The predicted molar refractivity (Wildman–Crippen MR) is 127 cm³/mol. The zero-order chi connectivity index (χ0) is 23.2. The number of carbonyl (C=O) groups is 2. The van der Waals surface area contributed by atoms with Gasteiger partial charge in [-0.1, -0.05) is 42.5 Å². The SMILES string of the molecule is COc1cccc(CC(=O)Nc2ccc3c(c2)CN(CCc2ccccc2)C(=O)[C@H](C)O3)c1. The van der Waals surface area contributed by atoms with E-state index in [0.717, 1.165) is 23.3 Å². The maximum atomic E-state index is 12.9. The number of methoxy groups -OCH3 is 1. The van der Waals surface area contributed by atoms with Crippen LogP contribution >= 0.6 is 0 Å². The minimum absolute atomic E-state index is 0.0364. The molecule has 0 saturated heterocycles. The summed E-state index contributed by atoms with van der Waals surface area (Å²) in [5.74, 6) is 1.23. The van der Waals surface area contributed by atoms with E-state index in [0.29, 0.717) is 24.5 Å². The Morgan fingerprint density at radius 2 is 1.85 bits per heavy atom. The maximum Gasteiger partial charge on any atom is 0.263 e. The third kappa shape index (κ3) is 5.71. The number of rotatable bonds is 7. The molecule has 1 aliphatic heterocycles. The third-order valence-electron chi connectivity index (χ3n) is 5.68. The van der Waals surface area contributed by atoms with E-state index in [9.17, 15) is 9.59 Å². The van der Waals surface area contributed by atoms with Gasteiger partial charge in [-0.2, -0.15) is 0 Å². The highest BCUT2D eigenvalue weighted by molar-refractivity contribution is 5.92. The molecule has 1 heterocycles. The smallest absolute Gasteiger partial charge is 0.263 e. The van der Waals surface area contributed by atoms with Gasteiger partial charge in [0.1, 0.15) is 11.5 Å². The molecule has 33 heavy (non-hydrogen) atoms. The van der Waals surface area contributed by atoms with E-state index < -0.39 is 6.10 Å². The summed E-state index contributed by atoms with van der Waals surface area (Å²) >= 11 is 0. The van der Waals surface area contributed by atoms with E-state index in [-0.39, 0.29) is 18.2 Å². The molecular formula is C27H28N2O4. The van der Waals surface area contributed by atoms with Crippen molar-refractivity contribution in [1.29, 1.82) is 0 Å². The van der Waals surface area contributed by atoms with Crippen molar-refractivity contribution in [2.45, 2.75) is 32.4 Å². The quantitative estimate of drug-likeness (QED) is 0.592. The maximum absolute atomic E-state index is 12.9. The number of amides is 2. The van der Waals surface area contributed by atoms with Gasteiger partial charge in [0.2, 0.25) is 5.91 Å². The van der Waals surface area contributed by atoms with Crippen LogP contribution in [0.1, 0.15) is 23.6 Å². The van der Waals surface area contributed by atoms with Crippen molar-refractivity contribution in [3.8, 4) is 11.5 Å². The third-order valence-corrected chi connectivity index (χ3v) is 5.68. The van der Waals surface area contributed by atoms with Crippen molar-refractivity contribution < 1.29 is 19.1 Å². The van der Waals surface area contributed by atoms with Crippen LogP contribution in [0, 0.1) is 0 Å². The van der Waals surface area contributed by atoms with Gasteiger partial charge < -0.3 is 19.7 Å². The summed E-state index contributed by atoms with van der Waals surface area (Å²) in [6.07, 6.45) is 0.449. The first-order valence-corrected chi connectivity index (χ1v) is 11.1. The average molecular weight is 445 g/mol. The number of fused-ring (bicyclic) bond motifs is 1. The molecular weight excluding hydrogens is 416 g/mol. The van der Waals surface area contributed by atoms with Crippen LogP contribution in [0.15, 0.2) is 72.8 Å². The molecule has 3 aromatic carbocycles. The molecule has 1 aliphatic rings. The minimum Gasteiger partial charge on any atom is -0.497 e. The van der Waals surface area contributed by atoms with Gasteiger partial charge in [0.05, 0.1) is 13.5 Å². The summed E-state index contributed by atoms with van der Waals surface area (Å²) < 4.78 is 11.1. The molecule has 6 nitrogen and oxygen atoms in total. The Bertz CT molecular complexity index is 1130. The number of hydrogen-bond donors (Lipinski definition) is 1. The molecule has 0 radical (unpaired) electrons. The molecule has 1 N–H and O–H groups in total. The summed E-state index contributed by atoms with van der Waals surface area (Å²) in [5.41, 5.74) is 3.61. The first kappa shape index (κ1) is 22.4. The van der Waals surface area contributed by atoms with Crippen molar-refractivity contribution in [1.82, 2.24) is 4.90 Å². The van der Waals surface area contributed by atoms with Crippen molar-refractivity contribution >= 4 is 17.5 Å². The zero-order valence-electron chi connectivity index (χ0n) is 18.9. The van der Waals surface area contributed by atoms with Crippen molar-refractivity contribution in [2.75, 3.05) is 19.0 Å². The highest BCUT2D eigenvalue weighted by atomic mass is 16.5. The van der Waals surface area contributed by atoms with Gasteiger partial charge in [-0.3, -0.25) is 9.59 Å². The largest absolute Gasteiger partial charge is 0.497 e. The number of nitrogens with one attached hydrogen (secondary N) is 1. The lowest BCUT2D eigenvalue weighted by molar-refractivity contribution is -0.137. The van der Waals surface area contributed by atoms with E-state index in [1.165, 1.54) is 5.56 Å². The van der Waals surface area contributed by atoms with Crippen molar-refractivity contribution in [3.63, 3.8) is 0 Å². The van der Waals surface area contributed by atoms with E-state index >= 15 is 0 Å². The molecule has 0 fully saturated rings. The van der Waals surface area contributed by atoms with Crippen LogP contribution < -0.4 is 14.8 Å². The van der Waals surface area contributed by atoms with Gasteiger partial charge in [0.15, 0.2) is 6.10 Å². The Hall–Kier alpha value is -3.80. The summed E-state index contributed by atoms with van der Waals surface area (Å²) in [6, 6.07) is 23.1. The van der Waals surface area contributed by atoms with Crippen LogP contribution in [0.25, 0.3) is 0 Å². The molecule has 0 saturated carbocycles. The van der Waals surface area contributed by atoms with Crippen LogP contribution in [-0.4, -0.2) is 36.5 Å². The van der Waals surface area contributed by atoms with Crippen molar-refractivity contribution in [2.24, 2.45) is 0 Å². The van der Waals surface area contributed by atoms with E-state index in [2.05, 4.69) is 17.4 Å². The fraction of sp³-hybridized carbons (Fsp3) is 0.259. The number of benzene rings is 3. The highest BCUT2D eigenvalue weighted by Gasteiger charge is 2.27. The Kier molecular flexibility index (Phi) is 6.93. The Labute approximate surface area is 194 Å². The number of carbonyl (C=O) groups excluding carboxylic acids is 2. The second-order valence-corrected chi connectivity index (χ2v) is 8.15. The summed E-state index contributed by atoms with van der Waals surface area (Å²) in [7, 11) is 1.60. The first-order chi connectivity index (χ1) is 16.0. The van der Waals surface area contributed by atoms with E-state index in [1.807, 2.05) is 59.5 Å². The Morgan fingerprint density at radius 3 is 2.64 bits per heavy atom. The van der Waals surface area contributed by atoms with Crippen LogP contribution in [0.5, 0.6) is 11.5 Å². The zero-order valence-corrected chi connectivity index (χ0v) is 18.9. The van der Waals surface area contributed by atoms with Gasteiger partial charge in [-0.25, -0.2) is 0 Å². The highest BCUT2D eigenvalue weighted by Crippen LogP contribution is 2.29. The molecule has 0 spiro atoms. The van der Waals surface area contributed by atoms with Gasteiger partial charge in [-0.05, 0) is 54.8 Å². The lowest BCUT2D eigenvalue weighted by Gasteiger charge is -2.22. The van der Waals surface area contributed by atoms with Crippen LogP contribution in [0.4, 0.5) is 5.69 Å². The fourth-order valence-corrected chi connectivity index (χ4v) is 3.95. The number of nitrogens with zero attached hydrogens (tertiary/aromatic N) is 1. The molecule has 4 rings (SSSR count). The standard InChI is InChI=1S/C27H28N2O4/c1-19-27(31)29(14-13-20-7-4-3-5-8-20)18-22-17-23(11-12-25(22)33-19)28-26(30)16-21-9-6-10-24(15-21)32-2/h3-12,15,17,19H,13-14,16,18H2,1-2H3,(H,28,30)/t19-/m0/s1. The monoisotopic (exact) mass is 444 g/mol. The van der Waals surface area contributed by atoms with Gasteiger partial charge >= 0.3 is 0 Å². The number of anilines is 1. The number of hydrogen-bond acceptors (Lipinski definition) is 4. The normalized spacial score (nSPS) is 15.3. The van der Waals surface area contributed by atoms with Crippen LogP contribution in [0.2, 0.25) is 0 Å². The summed E-state index contributed by atoms with van der Waals surface area (Å²) in [6.45, 7) is 2.81. The minimum atomic E-state index is -0.560. The van der Waals surface area contributed by atoms with Crippen LogP contribution in [0.3, 0.4) is 0 Å². The lowest BCUT2D eigenvalue weighted by atomic mass is 10.1. The summed E-state index contributed by atoms with van der Waals surface area (Å²) in [5, 5.41) is 2.95. The molecule has 2 amide bonds. The Balaban J connectivity index is 1.45. The fourth-order valence-electron chi connectivity index (χ4n) is 3.95. The predicted octanol–water partition coefficient (Wildman–Crippen LogP) is 4.23. The average Bonchev–Trinajstić information content (AvgIpc) is 2.94. The molecule has 0 aliphatic carbocycles. The lowest BCUT2D eigenvalue weighted by Crippen LogP contribution is -2.39. The van der Waals surface area contributed by atoms with E-state index in [1.54, 1.807) is 20.1 Å². The molecule has 6 heteroatoms. The summed E-state index contributed by atoms with van der Waals surface area (Å²) in [4.78, 5) is 27.3. The molecule has 1 atom stereocenters. The number of ether oxygens (including phenoxy) is 2. The molecule has 3 aromatic rings. The molecule has 0 bridgehead atoms. The second kappa shape index (κ2) is 10.2. The second-order valence-electron chi connectivity index (χ2n) is 8.15. The molecule has 0 unspecified atom stereocenters. The topological polar surface area (TPSA) is 67.9 Å². The van der Waals surface area contributed by atoms with Crippen molar-refractivity contribution in [3.05, 3.63) is 89.5 Å². The molecule has 0 aromatic heterocycles. The Morgan fingerprint density at radius 1 is 1.06 bits per heavy atom. The van der Waals surface area contributed by atoms with Gasteiger partial charge in [0.25, 0.3) is 5.91 Å². The van der Waals surface area contributed by atoms with Gasteiger partial charge in [0, 0.05) is 24.3 Å².